The second-order valence-electron chi connectivity index (χ2n) is 3.50. The van der Waals surface area contributed by atoms with Crippen LogP contribution in [0, 0.1) is 6.92 Å². The molecule has 0 bridgehead atoms. The fourth-order valence-corrected chi connectivity index (χ4v) is 1.68. The number of fused-ring (bicyclic) bond motifs is 1. The van der Waals surface area contributed by atoms with Crippen molar-refractivity contribution in [3.63, 3.8) is 0 Å². The van der Waals surface area contributed by atoms with Gasteiger partial charge in [0, 0.05) is 18.1 Å². The van der Waals surface area contributed by atoms with Crippen molar-refractivity contribution in [3.05, 3.63) is 35.5 Å². The Bertz CT molecular complexity index is 489. The molecule has 1 heterocycles. The third kappa shape index (κ3) is 1.66. The summed E-state index contributed by atoms with van der Waals surface area (Å²) in [6.45, 7) is 2.58. The number of rotatable bonds is 2. The van der Waals surface area contributed by atoms with Crippen molar-refractivity contribution in [3.8, 4) is 5.75 Å². The van der Waals surface area contributed by atoms with Crippen LogP contribution in [0.5, 0.6) is 5.75 Å². The van der Waals surface area contributed by atoms with Crippen LogP contribution in [0.4, 0.5) is 0 Å². The zero-order chi connectivity index (χ0) is 10.8. The largest absolute Gasteiger partial charge is 0.497 e. The van der Waals surface area contributed by atoms with E-state index in [1.165, 1.54) is 5.56 Å². The SMILES string of the molecule is COc1ccc2ncc(CN)c(C)c2c1. The fourth-order valence-electron chi connectivity index (χ4n) is 1.68. The number of hydrogen-bond acceptors (Lipinski definition) is 3. The lowest BCUT2D eigenvalue weighted by atomic mass is 10.1. The molecule has 2 rings (SSSR count). The summed E-state index contributed by atoms with van der Waals surface area (Å²) in [4.78, 5) is 4.35. The first kappa shape index (κ1) is 9.93. The van der Waals surface area contributed by atoms with E-state index >= 15 is 0 Å². The monoisotopic (exact) mass is 202 g/mol. The predicted molar refractivity (Wildman–Crippen MR) is 60.9 cm³/mol. The fraction of sp³-hybridized carbons (Fsp3) is 0.250. The van der Waals surface area contributed by atoms with Crippen molar-refractivity contribution < 1.29 is 4.74 Å². The molecule has 0 saturated carbocycles. The van der Waals surface area contributed by atoms with Gasteiger partial charge in [-0.25, -0.2) is 0 Å². The minimum absolute atomic E-state index is 0.520. The lowest BCUT2D eigenvalue weighted by Gasteiger charge is -2.08. The molecule has 0 aliphatic heterocycles. The Kier molecular flexibility index (Phi) is 2.56. The molecular formula is C12H14N2O. The molecule has 0 fully saturated rings. The zero-order valence-electron chi connectivity index (χ0n) is 8.95. The first-order chi connectivity index (χ1) is 7.26. The topological polar surface area (TPSA) is 48.1 Å². The first-order valence-corrected chi connectivity index (χ1v) is 4.88. The van der Waals surface area contributed by atoms with Gasteiger partial charge in [-0.15, -0.1) is 0 Å². The van der Waals surface area contributed by atoms with Gasteiger partial charge in [0.25, 0.3) is 0 Å². The average Bonchev–Trinajstić information content (AvgIpc) is 2.29. The number of nitrogens with zero attached hydrogens (tertiary/aromatic N) is 1. The second kappa shape index (κ2) is 3.87. The third-order valence-electron chi connectivity index (χ3n) is 2.67. The van der Waals surface area contributed by atoms with Gasteiger partial charge < -0.3 is 10.5 Å². The van der Waals surface area contributed by atoms with Crippen molar-refractivity contribution in [1.29, 1.82) is 0 Å². The molecule has 3 heteroatoms. The molecule has 0 spiro atoms. The highest BCUT2D eigenvalue weighted by Gasteiger charge is 2.04. The molecule has 2 aromatic rings. The van der Waals surface area contributed by atoms with E-state index in [4.69, 9.17) is 10.5 Å². The van der Waals surface area contributed by atoms with Gasteiger partial charge in [0.2, 0.25) is 0 Å². The zero-order valence-corrected chi connectivity index (χ0v) is 8.95. The van der Waals surface area contributed by atoms with Gasteiger partial charge in [-0.2, -0.15) is 0 Å². The molecule has 78 valence electrons. The lowest BCUT2D eigenvalue weighted by molar-refractivity contribution is 0.415. The molecule has 3 nitrogen and oxygen atoms in total. The minimum atomic E-state index is 0.520. The molecule has 15 heavy (non-hydrogen) atoms. The summed E-state index contributed by atoms with van der Waals surface area (Å²) in [5, 5.41) is 1.11. The number of benzene rings is 1. The highest BCUT2D eigenvalue weighted by molar-refractivity contribution is 5.84. The number of pyridine rings is 1. The molecule has 0 amide bonds. The van der Waals surface area contributed by atoms with Gasteiger partial charge in [0.1, 0.15) is 5.75 Å². The van der Waals surface area contributed by atoms with Crippen LogP contribution in [0.25, 0.3) is 10.9 Å². The van der Waals surface area contributed by atoms with Crippen LogP contribution in [0.3, 0.4) is 0 Å². The standard InChI is InChI=1S/C12H14N2O/c1-8-9(6-13)7-14-12-4-3-10(15-2)5-11(8)12/h3-5,7H,6,13H2,1-2H3. The second-order valence-corrected chi connectivity index (χ2v) is 3.50. The Labute approximate surface area is 88.9 Å². The summed E-state index contributed by atoms with van der Waals surface area (Å²) in [7, 11) is 1.66. The number of hydrogen-bond donors (Lipinski definition) is 1. The summed E-state index contributed by atoms with van der Waals surface area (Å²) in [6.07, 6.45) is 1.84. The maximum absolute atomic E-state index is 5.64. The van der Waals surface area contributed by atoms with E-state index in [9.17, 15) is 0 Å². The minimum Gasteiger partial charge on any atom is -0.497 e. The third-order valence-corrected chi connectivity index (χ3v) is 2.67. The molecule has 0 saturated heterocycles. The number of nitrogens with two attached hydrogens (primary N) is 1. The summed E-state index contributed by atoms with van der Waals surface area (Å²) in [5.74, 6) is 0.849. The number of aromatic nitrogens is 1. The summed E-state index contributed by atoms with van der Waals surface area (Å²) in [5.41, 5.74) is 8.88. The van der Waals surface area contributed by atoms with Crippen LogP contribution in [-0.4, -0.2) is 12.1 Å². The average molecular weight is 202 g/mol. The number of methoxy groups -OCH3 is 1. The maximum Gasteiger partial charge on any atom is 0.119 e. The van der Waals surface area contributed by atoms with Crippen molar-refractivity contribution in [2.24, 2.45) is 5.73 Å². The normalized spacial score (nSPS) is 10.6. The van der Waals surface area contributed by atoms with Gasteiger partial charge in [-0.1, -0.05) is 0 Å². The highest BCUT2D eigenvalue weighted by Crippen LogP contribution is 2.23. The van der Waals surface area contributed by atoms with Crippen LogP contribution >= 0.6 is 0 Å². The summed E-state index contributed by atoms with van der Waals surface area (Å²) in [6, 6.07) is 5.87. The van der Waals surface area contributed by atoms with Crippen LogP contribution in [-0.2, 0) is 6.54 Å². The molecule has 0 aliphatic rings. The van der Waals surface area contributed by atoms with Crippen LogP contribution in [0.2, 0.25) is 0 Å². The highest BCUT2D eigenvalue weighted by atomic mass is 16.5. The van der Waals surface area contributed by atoms with Gasteiger partial charge in [-0.3, -0.25) is 4.98 Å². The van der Waals surface area contributed by atoms with Gasteiger partial charge in [-0.05, 0) is 36.2 Å². The number of aryl methyl sites for hydroxylation is 1. The molecule has 0 atom stereocenters. The van der Waals surface area contributed by atoms with E-state index in [0.29, 0.717) is 6.54 Å². The van der Waals surface area contributed by atoms with Gasteiger partial charge in [0.05, 0.1) is 12.6 Å². The molecule has 0 radical (unpaired) electrons. The van der Waals surface area contributed by atoms with E-state index < -0.39 is 0 Å². The molecule has 2 N–H and O–H groups in total. The quantitative estimate of drug-likeness (QED) is 0.810. The van der Waals surface area contributed by atoms with E-state index in [-0.39, 0.29) is 0 Å². The summed E-state index contributed by atoms with van der Waals surface area (Å²) >= 11 is 0. The van der Waals surface area contributed by atoms with Crippen molar-refractivity contribution in [1.82, 2.24) is 4.98 Å². The lowest BCUT2D eigenvalue weighted by Crippen LogP contribution is -2.00. The van der Waals surface area contributed by atoms with E-state index in [1.54, 1.807) is 7.11 Å². The Morgan fingerprint density at radius 1 is 1.40 bits per heavy atom. The molecular weight excluding hydrogens is 188 g/mol. The van der Waals surface area contributed by atoms with Crippen LogP contribution in [0.15, 0.2) is 24.4 Å². The maximum atomic E-state index is 5.64. The Morgan fingerprint density at radius 3 is 2.87 bits per heavy atom. The van der Waals surface area contributed by atoms with Crippen molar-refractivity contribution in [2.45, 2.75) is 13.5 Å². The Balaban J connectivity index is 2.72. The van der Waals surface area contributed by atoms with E-state index in [2.05, 4.69) is 11.9 Å². The molecule has 1 aromatic heterocycles. The first-order valence-electron chi connectivity index (χ1n) is 4.88. The van der Waals surface area contributed by atoms with E-state index in [0.717, 1.165) is 22.2 Å². The number of ether oxygens (including phenoxy) is 1. The van der Waals surface area contributed by atoms with Crippen LogP contribution < -0.4 is 10.5 Å². The van der Waals surface area contributed by atoms with Gasteiger partial charge >= 0.3 is 0 Å². The molecule has 0 unspecified atom stereocenters. The molecule has 1 aromatic carbocycles. The Hall–Kier alpha value is -1.61. The van der Waals surface area contributed by atoms with Crippen molar-refractivity contribution >= 4 is 10.9 Å². The van der Waals surface area contributed by atoms with Crippen LogP contribution in [0.1, 0.15) is 11.1 Å². The van der Waals surface area contributed by atoms with Crippen molar-refractivity contribution in [2.75, 3.05) is 7.11 Å². The Morgan fingerprint density at radius 2 is 2.20 bits per heavy atom. The molecule has 0 aliphatic carbocycles. The summed E-state index contributed by atoms with van der Waals surface area (Å²) < 4.78 is 5.19. The van der Waals surface area contributed by atoms with Gasteiger partial charge in [0.15, 0.2) is 0 Å². The van der Waals surface area contributed by atoms with E-state index in [1.807, 2.05) is 24.4 Å². The smallest absolute Gasteiger partial charge is 0.119 e. The predicted octanol–water partition coefficient (Wildman–Crippen LogP) is 2.01.